The lowest BCUT2D eigenvalue weighted by Crippen LogP contribution is -2.29. The molecule has 0 radical (unpaired) electrons. The molecule has 1 saturated heterocycles. The summed E-state index contributed by atoms with van der Waals surface area (Å²) >= 11 is 0. The maximum atomic E-state index is 12.1. The van der Waals surface area contributed by atoms with Gasteiger partial charge in [0.15, 0.2) is 0 Å². The normalized spacial score (nSPS) is 19.4. The van der Waals surface area contributed by atoms with Gasteiger partial charge in [0.1, 0.15) is 0 Å². The Morgan fingerprint density at radius 3 is 3.18 bits per heavy atom. The number of amides is 1. The second kappa shape index (κ2) is 5.14. The highest BCUT2D eigenvalue weighted by Gasteiger charge is 2.26. The van der Waals surface area contributed by atoms with Gasteiger partial charge in [-0.1, -0.05) is 0 Å². The predicted molar refractivity (Wildman–Crippen MR) is 61.9 cm³/mol. The number of methoxy groups -OCH3 is 1. The molecule has 1 amide bonds. The molecule has 1 atom stereocenters. The van der Waals surface area contributed by atoms with E-state index in [4.69, 9.17) is 9.84 Å². The molecular formula is C12H16N2O3. The van der Waals surface area contributed by atoms with Crippen LogP contribution < -0.4 is 4.74 Å². The van der Waals surface area contributed by atoms with E-state index in [0.717, 1.165) is 6.42 Å². The van der Waals surface area contributed by atoms with Gasteiger partial charge in [0.25, 0.3) is 5.91 Å². The molecule has 5 nitrogen and oxygen atoms in total. The molecule has 0 bridgehead atoms. The Kier molecular flexibility index (Phi) is 3.58. The number of carbonyl (C=O) groups is 1. The van der Waals surface area contributed by atoms with Crippen molar-refractivity contribution in [2.24, 2.45) is 5.92 Å². The number of aliphatic hydroxyl groups excluding tert-OH is 1. The Bertz CT molecular complexity index is 408. The predicted octanol–water partition coefficient (Wildman–Crippen LogP) is 0.545. The van der Waals surface area contributed by atoms with Crippen LogP contribution in [0.2, 0.25) is 0 Å². The Hall–Kier alpha value is -1.62. The minimum absolute atomic E-state index is 0.0262. The molecule has 1 aliphatic rings. The van der Waals surface area contributed by atoms with Crippen molar-refractivity contribution in [1.29, 1.82) is 0 Å². The number of pyridine rings is 1. The molecule has 1 aliphatic heterocycles. The summed E-state index contributed by atoms with van der Waals surface area (Å²) in [6.07, 6.45) is 2.43. The third kappa shape index (κ3) is 2.55. The van der Waals surface area contributed by atoms with Crippen molar-refractivity contribution in [3.63, 3.8) is 0 Å². The van der Waals surface area contributed by atoms with Gasteiger partial charge < -0.3 is 14.7 Å². The maximum Gasteiger partial charge on any atom is 0.254 e. The number of hydrogen-bond donors (Lipinski definition) is 1. The van der Waals surface area contributed by atoms with Crippen LogP contribution in [0.4, 0.5) is 0 Å². The third-order valence-electron chi connectivity index (χ3n) is 3.02. The highest BCUT2D eigenvalue weighted by Crippen LogP contribution is 2.19. The minimum Gasteiger partial charge on any atom is -0.481 e. The first-order chi connectivity index (χ1) is 8.24. The summed E-state index contributed by atoms with van der Waals surface area (Å²) in [6, 6.07) is 3.31. The van der Waals surface area contributed by atoms with E-state index < -0.39 is 0 Å². The van der Waals surface area contributed by atoms with Gasteiger partial charge in [-0.15, -0.1) is 0 Å². The molecule has 0 unspecified atom stereocenters. The lowest BCUT2D eigenvalue weighted by Gasteiger charge is -2.16. The second-order valence-electron chi connectivity index (χ2n) is 4.18. The number of nitrogens with zero attached hydrogens (tertiary/aromatic N) is 2. The first-order valence-corrected chi connectivity index (χ1v) is 5.64. The van der Waals surface area contributed by atoms with Crippen LogP contribution >= 0.6 is 0 Å². The number of carbonyl (C=O) groups excluding carboxylic acids is 1. The Balaban J connectivity index is 2.09. The molecule has 1 aromatic heterocycles. The van der Waals surface area contributed by atoms with Crippen molar-refractivity contribution in [3.8, 4) is 5.88 Å². The average molecular weight is 236 g/mol. The molecular weight excluding hydrogens is 220 g/mol. The van der Waals surface area contributed by atoms with E-state index in [9.17, 15) is 4.79 Å². The number of aliphatic hydroxyl groups is 1. The smallest absolute Gasteiger partial charge is 0.254 e. The van der Waals surface area contributed by atoms with Gasteiger partial charge in [-0.05, 0) is 12.5 Å². The second-order valence-corrected chi connectivity index (χ2v) is 4.18. The standard InChI is InChI=1S/C12H16N2O3/c1-17-11-6-10(2-4-13-11)12(16)14-5-3-9(7-14)8-15/h2,4,6,9,15H,3,5,7-8H2,1H3/t9-/m0/s1. The summed E-state index contributed by atoms with van der Waals surface area (Å²) in [5, 5.41) is 9.05. The van der Waals surface area contributed by atoms with Crippen LogP contribution in [0.5, 0.6) is 5.88 Å². The van der Waals surface area contributed by atoms with E-state index in [1.54, 1.807) is 23.2 Å². The van der Waals surface area contributed by atoms with Crippen LogP contribution in [0.3, 0.4) is 0 Å². The van der Waals surface area contributed by atoms with Gasteiger partial charge in [-0.25, -0.2) is 4.98 Å². The van der Waals surface area contributed by atoms with Crippen molar-refractivity contribution >= 4 is 5.91 Å². The fourth-order valence-electron chi connectivity index (χ4n) is 2.00. The molecule has 0 spiro atoms. The summed E-state index contributed by atoms with van der Waals surface area (Å²) in [5.74, 6) is 0.623. The molecule has 2 rings (SSSR count). The van der Waals surface area contributed by atoms with E-state index in [2.05, 4.69) is 4.98 Å². The van der Waals surface area contributed by atoms with Crippen molar-refractivity contribution in [2.75, 3.05) is 26.8 Å². The SMILES string of the molecule is COc1cc(C(=O)N2CC[C@H](CO)C2)ccn1. The summed E-state index contributed by atoms with van der Waals surface area (Å²) < 4.78 is 4.99. The molecule has 17 heavy (non-hydrogen) atoms. The van der Waals surface area contributed by atoms with Crippen molar-refractivity contribution in [1.82, 2.24) is 9.88 Å². The minimum atomic E-state index is -0.0262. The van der Waals surface area contributed by atoms with Crippen LogP contribution in [0.1, 0.15) is 16.8 Å². The zero-order valence-electron chi connectivity index (χ0n) is 9.80. The Morgan fingerprint density at radius 1 is 1.71 bits per heavy atom. The van der Waals surface area contributed by atoms with Crippen LogP contribution in [0.25, 0.3) is 0 Å². The van der Waals surface area contributed by atoms with Gasteiger partial charge in [-0.2, -0.15) is 0 Å². The number of ether oxygens (including phenoxy) is 1. The molecule has 0 aromatic carbocycles. The molecule has 1 fully saturated rings. The van der Waals surface area contributed by atoms with Gasteiger partial charge in [0.05, 0.1) is 7.11 Å². The van der Waals surface area contributed by atoms with Gasteiger partial charge in [0.2, 0.25) is 5.88 Å². The molecule has 2 heterocycles. The fraction of sp³-hybridized carbons (Fsp3) is 0.500. The van der Waals surface area contributed by atoms with E-state index in [1.165, 1.54) is 7.11 Å². The molecule has 0 saturated carbocycles. The van der Waals surface area contributed by atoms with E-state index in [1.807, 2.05) is 0 Å². The zero-order valence-corrected chi connectivity index (χ0v) is 9.80. The quantitative estimate of drug-likeness (QED) is 0.832. The van der Waals surface area contributed by atoms with E-state index in [-0.39, 0.29) is 18.4 Å². The van der Waals surface area contributed by atoms with E-state index in [0.29, 0.717) is 24.5 Å². The first-order valence-electron chi connectivity index (χ1n) is 5.64. The molecule has 5 heteroatoms. The topological polar surface area (TPSA) is 62.7 Å². The maximum absolute atomic E-state index is 12.1. The first kappa shape index (κ1) is 11.9. The van der Waals surface area contributed by atoms with E-state index >= 15 is 0 Å². The van der Waals surface area contributed by atoms with Crippen LogP contribution in [0.15, 0.2) is 18.3 Å². The number of likely N-dealkylation sites (tertiary alicyclic amines) is 1. The van der Waals surface area contributed by atoms with Crippen molar-refractivity contribution in [2.45, 2.75) is 6.42 Å². The molecule has 0 aliphatic carbocycles. The number of aromatic nitrogens is 1. The average Bonchev–Trinajstić information content (AvgIpc) is 2.86. The van der Waals surface area contributed by atoms with Gasteiger partial charge >= 0.3 is 0 Å². The summed E-state index contributed by atoms with van der Waals surface area (Å²) in [7, 11) is 1.52. The monoisotopic (exact) mass is 236 g/mol. The largest absolute Gasteiger partial charge is 0.481 e. The van der Waals surface area contributed by atoms with Crippen molar-refractivity contribution in [3.05, 3.63) is 23.9 Å². The fourth-order valence-corrected chi connectivity index (χ4v) is 2.00. The molecule has 1 N–H and O–H groups in total. The van der Waals surface area contributed by atoms with Crippen molar-refractivity contribution < 1.29 is 14.6 Å². The Morgan fingerprint density at radius 2 is 2.53 bits per heavy atom. The molecule has 92 valence electrons. The van der Waals surface area contributed by atoms with Crippen LogP contribution in [0, 0.1) is 5.92 Å². The lowest BCUT2D eigenvalue weighted by molar-refractivity contribution is 0.0781. The number of rotatable bonds is 3. The van der Waals surface area contributed by atoms with Crippen LogP contribution in [-0.4, -0.2) is 47.7 Å². The highest BCUT2D eigenvalue weighted by molar-refractivity contribution is 5.94. The third-order valence-corrected chi connectivity index (χ3v) is 3.02. The molecule has 1 aromatic rings. The lowest BCUT2D eigenvalue weighted by atomic mass is 10.1. The summed E-state index contributed by atoms with van der Waals surface area (Å²) in [5.41, 5.74) is 0.579. The van der Waals surface area contributed by atoms with Gasteiger partial charge in [0, 0.05) is 43.4 Å². The number of hydrogen-bond acceptors (Lipinski definition) is 4. The zero-order chi connectivity index (χ0) is 12.3. The Labute approximate surface area is 100 Å². The summed E-state index contributed by atoms with van der Waals surface area (Å²) in [6.45, 7) is 1.47. The van der Waals surface area contributed by atoms with Crippen LogP contribution in [-0.2, 0) is 0 Å². The van der Waals surface area contributed by atoms with Gasteiger partial charge in [-0.3, -0.25) is 4.79 Å². The highest BCUT2D eigenvalue weighted by atomic mass is 16.5. The summed E-state index contributed by atoms with van der Waals surface area (Å²) in [4.78, 5) is 17.9.